The first kappa shape index (κ1) is 15.5. The van der Waals surface area contributed by atoms with Crippen molar-refractivity contribution in [2.45, 2.75) is 57.8 Å². The molecule has 0 bridgehead atoms. The van der Waals surface area contributed by atoms with Crippen LogP contribution in [0.1, 0.15) is 63.4 Å². The Morgan fingerprint density at radius 2 is 1.61 bits per heavy atom. The Bertz CT molecular complexity index is 307. The lowest BCUT2D eigenvalue weighted by atomic mass is 9.93. The molecule has 0 amide bonds. The number of benzene rings is 1. The summed E-state index contributed by atoms with van der Waals surface area (Å²) in [6, 6.07) is 8.13. The van der Waals surface area contributed by atoms with Crippen LogP contribution >= 0.6 is 11.6 Å². The molecule has 1 nitrogen and oxygen atoms in total. The summed E-state index contributed by atoms with van der Waals surface area (Å²) in [6.07, 6.45) is 9.26. The van der Waals surface area contributed by atoms with Crippen LogP contribution in [-0.4, -0.2) is 6.54 Å². The highest BCUT2D eigenvalue weighted by molar-refractivity contribution is 6.30. The van der Waals surface area contributed by atoms with Crippen molar-refractivity contribution in [1.82, 2.24) is 0 Å². The maximum atomic E-state index is 5.90. The minimum Gasteiger partial charge on any atom is -0.330 e. The number of halogens is 1. The van der Waals surface area contributed by atoms with Crippen molar-refractivity contribution in [3.05, 3.63) is 34.9 Å². The lowest BCUT2D eigenvalue weighted by Crippen LogP contribution is -2.12. The summed E-state index contributed by atoms with van der Waals surface area (Å²) in [6.45, 7) is 2.99. The monoisotopic (exact) mass is 267 g/mol. The lowest BCUT2D eigenvalue weighted by Gasteiger charge is -2.15. The van der Waals surface area contributed by atoms with Crippen molar-refractivity contribution < 1.29 is 0 Å². The molecule has 2 heteroatoms. The third-order valence-corrected chi connectivity index (χ3v) is 3.78. The zero-order valence-corrected chi connectivity index (χ0v) is 12.3. The Hall–Kier alpha value is -0.530. The molecular formula is C16H26ClN. The summed E-state index contributed by atoms with van der Waals surface area (Å²) < 4.78 is 0. The van der Waals surface area contributed by atoms with Crippen LogP contribution in [0.25, 0.3) is 0 Å². The van der Waals surface area contributed by atoms with E-state index in [1.807, 2.05) is 12.1 Å². The quantitative estimate of drug-likeness (QED) is 0.617. The van der Waals surface area contributed by atoms with Gasteiger partial charge in [0, 0.05) is 5.02 Å². The average Bonchev–Trinajstić information content (AvgIpc) is 2.39. The molecule has 1 rings (SSSR count). The lowest BCUT2D eigenvalue weighted by molar-refractivity contribution is 0.542. The Labute approximate surface area is 117 Å². The number of hydrogen-bond acceptors (Lipinski definition) is 1. The average molecular weight is 268 g/mol. The summed E-state index contributed by atoms with van der Waals surface area (Å²) in [5.74, 6) is 0.494. The molecule has 0 aliphatic heterocycles. The van der Waals surface area contributed by atoms with E-state index in [4.69, 9.17) is 17.3 Å². The Morgan fingerprint density at radius 1 is 1.00 bits per heavy atom. The van der Waals surface area contributed by atoms with Crippen LogP contribution in [0.4, 0.5) is 0 Å². The second-order valence-electron chi connectivity index (χ2n) is 5.04. The van der Waals surface area contributed by atoms with Gasteiger partial charge in [-0.15, -0.1) is 0 Å². The fourth-order valence-corrected chi connectivity index (χ4v) is 2.45. The van der Waals surface area contributed by atoms with Crippen LogP contribution in [0.15, 0.2) is 24.3 Å². The number of rotatable bonds is 9. The topological polar surface area (TPSA) is 26.0 Å². The highest BCUT2D eigenvalue weighted by Crippen LogP contribution is 2.23. The molecule has 0 aliphatic carbocycles. The highest BCUT2D eigenvalue weighted by atomic mass is 35.5. The van der Waals surface area contributed by atoms with Gasteiger partial charge in [0.2, 0.25) is 0 Å². The fraction of sp³-hybridized carbons (Fsp3) is 0.625. The molecule has 0 heterocycles. The summed E-state index contributed by atoms with van der Waals surface area (Å²) >= 11 is 5.90. The predicted molar refractivity (Wildman–Crippen MR) is 81.2 cm³/mol. The molecule has 102 valence electrons. The van der Waals surface area contributed by atoms with Gasteiger partial charge in [-0.3, -0.25) is 0 Å². The first-order chi connectivity index (χ1) is 8.77. The number of hydrogen-bond donors (Lipinski definition) is 1. The van der Waals surface area contributed by atoms with E-state index in [1.54, 1.807) is 0 Å². The molecular weight excluding hydrogens is 242 g/mol. The summed E-state index contributed by atoms with van der Waals surface area (Å²) in [5, 5.41) is 0.800. The Morgan fingerprint density at radius 3 is 2.22 bits per heavy atom. The summed E-state index contributed by atoms with van der Waals surface area (Å²) in [4.78, 5) is 0. The highest BCUT2D eigenvalue weighted by Gasteiger charge is 2.08. The molecule has 1 aromatic carbocycles. The van der Waals surface area contributed by atoms with Crippen molar-refractivity contribution in [3.8, 4) is 0 Å². The number of nitrogens with two attached hydrogens (primary N) is 1. The third kappa shape index (κ3) is 5.88. The molecule has 0 aliphatic rings. The second-order valence-corrected chi connectivity index (χ2v) is 5.48. The first-order valence-corrected chi connectivity index (χ1v) is 7.61. The zero-order chi connectivity index (χ0) is 13.2. The van der Waals surface area contributed by atoms with Gasteiger partial charge in [-0.05, 0) is 36.6 Å². The Balaban J connectivity index is 2.27. The maximum Gasteiger partial charge on any atom is 0.0406 e. The van der Waals surface area contributed by atoms with Crippen molar-refractivity contribution >= 4 is 11.6 Å². The van der Waals surface area contributed by atoms with Gasteiger partial charge in [0.1, 0.15) is 0 Å². The van der Waals surface area contributed by atoms with E-state index in [1.165, 1.54) is 50.5 Å². The molecule has 1 aromatic rings. The maximum absolute atomic E-state index is 5.90. The molecule has 0 radical (unpaired) electrons. The van der Waals surface area contributed by atoms with Crippen LogP contribution in [-0.2, 0) is 0 Å². The molecule has 1 unspecified atom stereocenters. The van der Waals surface area contributed by atoms with E-state index in [0.29, 0.717) is 5.92 Å². The minimum absolute atomic E-state index is 0.494. The summed E-state index contributed by atoms with van der Waals surface area (Å²) in [5.41, 5.74) is 7.20. The molecule has 2 N–H and O–H groups in total. The molecule has 1 atom stereocenters. The van der Waals surface area contributed by atoms with E-state index >= 15 is 0 Å². The van der Waals surface area contributed by atoms with Gasteiger partial charge in [-0.2, -0.15) is 0 Å². The predicted octanol–water partition coefficient (Wildman–Crippen LogP) is 5.13. The van der Waals surface area contributed by atoms with Gasteiger partial charge in [0.25, 0.3) is 0 Å². The van der Waals surface area contributed by atoms with Gasteiger partial charge < -0.3 is 5.73 Å². The standard InChI is InChI=1S/C16H26ClN/c1-2-3-4-5-6-7-8-15(13-18)14-9-11-16(17)12-10-14/h9-12,15H,2-8,13,18H2,1H3. The van der Waals surface area contributed by atoms with Crippen molar-refractivity contribution in [1.29, 1.82) is 0 Å². The van der Waals surface area contributed by atoms with Crippen molar-refractivity contribution in [2.75, 3.05) is 6.54 Å². The van der Waals surface area contributed by atoms with Gasteiger partial charge in [-0.1, -0.05) is 69.2 Å². The molecule has 0 saturated heterocycles. The zero-order valence-electron chi connectivity index (χ0n) is 11.5. The molecule has 0 aromatic heterocycles. The molecule has 18 heavy (non-hydrogen) atoms. The van der Waals surface area contributed by atoms with Crippen LogP contribution in [0, 0.1) is 0 Å². The molecule has 0 saturated carbocycles. The fourth-order valence-electron chi connectivity index (χ4n) is 2.33. The second kappa shape index (κ2) is 9.41. The van der Waals surface area contributed by atoms with Crippen molar-refractivity contribution in [2.24, 2.45) is 5.73 Å². The van der Waals surface area contributed by atoms with Gasteiger partial charge in [-0.25, -0.2) is 0 Å². The normalized spacial score (nSPS) is 12.6. The third-order valence-electron chi connectivity index (χ3n) is 3.53. The Kier molecular flexibility index (Phi) is 8.11. The van der Waals surface area contributed by atoms with E-state index in [0.717, 1.165) is 11.6 Å². The van der Waals surface area contributed by atoms with E-state index in [-0.39, 0.29) is 0 Å². The minimum atomic E-state index is 0.494. The summed E-state index contributed by atoms with van der Waals surface area (Å²) in [7, 11) is 0. The number of unbranched alkanes of at least 4 members (excludes halogenated alkanes) is 5. The van der Waals surface area contributed by atoms with Gasteiger partial charge >= 0.3 is 0 Å². The van der Waals surface area contributed by atoms with Crippen LogP contribution in [0.2, 0.25) is 5.02 Å². The van der Waals surface area contributed by atoms with E-state index < -0.39 is 0 Å². The van der Waals surface area contributed by atoms with Crippen LogP contribution < -0.4 is 5.73 Å². The molecule has 0 fully saturated rings. The van der Waals surface area contributed by atoms with Crippen LogP contribution in [0.5, 0.6) is 0 Å². The van der Waals surface area contributed by atoms with E-state index in [2.05, 4.69) is 19.1 Å². The van der Waals surface area contributed by atoms with Crippen molar-refractivity contribution in [3.63, 3.8) is 0 Å². The van der Waals surface area contributed by atoms with Gasteiger partial charge in [0.15, 0.2) is 0 Å². The largest absolute Gasteiger partial charge is 0.330 e. The van der Waals surface area contributed by atoms with Gasteiger partial charge in [0.05, 0.1) is 0 Å². The molecule has 0 spiro atoms. The smallest absolute Gasteiger partial charge is 0.0406 e. The van der Waals surface area contributed by atoms with E-state index in [9.17, 15) is 0 Å². The first-order valence-electron chi connectivity index (χ1n) is 7.23. The SMILES string of the molecule is CCCCCCCCC(CN)c1ccc(Cl)cc1. The van der Waals surface area contributed by atoms with Crippen LogP contribution in [0.3, 0.4) is 0 Å².